The summed E-state index contributed by atoms with van der Waals surface area (Å²) < 4.78 is 54.6. The number of aliphatic hydroxyl groups is 1. The smallest absolute Gasteiger partial charge is 0.264 e. The Bertz CT molecular complexity index is 743. The molecule has 0 amide bonds. The monoisotopic (exact) mass is 303 g/mol. The minimum atomic E-state index is -4.24. The molecular weight excluding hydrogens is 292 g/mol. The number of halogens is 2. The quantitative estimate of drug-likeness (QED) is 0.882. The van der Waals surface area contributed by atoms with Gasteiger partial charge >= 0.3 is 0 Å². The second-order valence-electron chi connectivity index (χ2n) is 4.00. The average Bonchev–Trinajstić information content (AvgIpc) is 2.74. The number of sulfonamides is 1. The molecule has 2 N–H and O–H groups in total. The number of rotatable bonds is 4. The number of nitrogens with one attached hydrogen (secondary N) is 1. The van der Waals surface area contributed by atoms with Gasteiger partial charge in [0.05, 0.1) is 24.1 Å². The van der Waals surface area contributed by atoms with Crippen molar-refractivity contribution in [3.8, 4) is 0 Å². The van der Waals surface area contributed by atoms with Crippen molar-refractivity contribution in [3.63, 3.8) is 0 Å². The molecule has 2 aromatic rings. The first-order valence-electron chi connectivity index (χ1n) is 5.44. The highest BCUT2D eigenvalue weighted by molar-refractivity contribution is 7.92. The predicted octanol–water partition coefficient (Wildman–Crippen LogP) is 0.991. The van der Waals surface area contributed by atoms with Crippen LogP contribution in [0.5, 0.6) is 0 Å². The van der Waals surface area contributed by atoms with Crippen LogP contribution in [0.3, 0.4) is 0 Å². The fourth-order valence-corrected chi connectivity index (χ4v) is 2.74. The van der Waals surface area contributed by atoms with E-state index in [-0.39, 0.29) is 5.69 Å². The third-order valence-electron chi connectivity index (χ3n) is 2.56. The Morgan fingerprint density at radius 2 is 2.10 bits per heavy atom. The second kappa shape index (κ2) is 5.17. The minimum absolute atomic E-state index is 0.141. The van der Waals surface area contributed by atoms with Gasteiger partial charge in [-0.3, -0.25) is 9.40 Å². The van der Waals surface area contributed by atoms with Gasteiger partial charge in [0.25, 0.3) is 10.0 Å². The van der Waals surface area contributed by atoms with Crippen molar-refractivity contribution in [2.75, 3.05) is 4.72 Å². The maximum Gasteiger partial charge on any atom is 0.264 e. The van der Waals surface area contributed by atoms with E-state index in [9.17, 15) is 17.2 Å². The summed E-state index contributed by atoms with van der Waals surface area (Å²) in [7, 11) is -2.65. The van der Waals surface area contributed by atoms with Gasteiger partial charge in [-0.2, -0.15) is 5.10 Å². The van der Waals surface area contributed by atoms with Crippen LogP contribution in [0.2, 0.25) is 0 Å². The number of aliphatic hydroxyl groups excluding tert-OH is 1. The molecule has 0 radical (unpaired) electrons. The van der Waals surface area contributed by atoms with Crippen LogP contribution in [-0.2, 0) is 23.7 Å². The van der Waals surface area contributed by atoms with E-state index in [1.165, 1.54) is 17.1 Å². The standard InChI is InChI=1S/C11H11F2N3O3S/c1-16-5-7(4-14-16)15-20(18,19)10-3-2-9(12)8(6-17)11(10)13/h2-5,15,17H,6H2,1H3. The average molecular weight is 303 g/mol. The Hall–Kier alpha value is -2.00. The summed E-state index contributed by atoms with van der Waals surface area (Å²) in [4.78, 5) is -0.744. The van der Waals surface area contributed by atoms with Crippen molar-refractivity contribution in [2.24, 2.45) is 7.05 Å². The van der Waals surface area contributed by atoms with E-state index >= 15 is 0 Å². The first-order chi connectivity index (χ1) is 9.35. The number of aryl methyl sites for hydroxylation is 1. The van der Waals surface area contributed by atoms with Crippen LogP contribution in [-0.4, -0.2) is 23.3 Å². The summed E-state index contributed by atoms with van der Waals surface area (Å²) in [5, 5.41) is 12.6. The van der Waals surface area contributed by atoms with Crippen LogP contribution in [0.4, 0.5) is 14.5 Å². The fraction of sp³-hybridized carbons (Fsp3) is 0.182. The lowest BCUT2D eigenvalue weighted by molar-refractivity contribution is 0.267. The summed E-state index contributed by atoms with van der Waals surface area (Å²) >= 11 is 0. The summed E-state index contributed by atoms with van der Waals surface area (Å²) in [5.74, 6) is -2.32. The molecule has 0 aliphatic heterocycles. The summed E-state index contributed by atoms with van der Waals surface area (Å²) in [5.41, 5.74) is -0.555. The van der Waals surface area contributed by atoms with Crippen LogP contribution in [0.1, 0.15) is 5.56 Å². The molecule has 6 nitrogen and oxygen atoms in total. The topological polar surface area (TPSA) is 84.2 Å². The molecule has 20 heavy (non-hydrogen) atoms. The van der Waals surface area contributed by atoms with Crippen molar-refractivity contribution < 1.29 is 22.3 Å². The Balaban J connectivity index is 2.44. The molecule has 2 rings (SSSR count). The largest absolute Gasteiger partial charge is 0.391 e. The number of hydrogen-bond donors (Lipinski definition) is 2. The molecule has 108 valence electrons. The first-order valence-corrected chi connectivity index (χ1v) is 6.92. The number of benzene rings is 1. The third-order valence-corrected chi connectivity index (χ3v) is 3.95. The maximum absolute atomic E-state index is 13.9. The minimum Gasteiger partial charge on any atom is -0.391 e. The Kier molecular flexibility index (Phi) is 3.73. The van der Waals surface area contributed by atoms with Crippen LogP contribution in [0, 0.1) is 11.6 Å². The SMILES string of the molecule is Cn1cc(NS(=O)(=O)c2ccc(F)c(CO)c2F)cn1. The second-order valence-corrected chi connectivity index (χ2v) is 5.66. The normalized spacial score (nSPS) is 11.6. The van der Waals surface area contributed by atoms with Crippen molar-refractivity contribution in [3.05, 3.63) is 41.7 Å². The lowest BCUT2D eigenvalue weighted by Gasteiger charge is -2.09. The fourth-order valence-electron chi connectivity index (χ4n) is 1.61. The molecular formula is C11H11F2N3O3S. The van der Waals surface area contributed by atoms with E-state index in [1.54, 1.807) is 7.05 Å². The lowest BCUT2D eigenvalue weighted by atomic mass is 10.2. The first kappa shape index (κ1) is 14.4. The highest BCUT2D eigenvalue weighted by Crippen LogP contribution is 2.23. The van der Waals surface area contributed by atoms with Crippen molar-refractivity contribution in [1.82, 2.24) is 9.78 Å². The molecule has 0 atom stereocenters. The predicted molar refractivity (Wildman–Crippen MR) is 66.3 cm³/mol. The van der Waals surface area contributed by atoms with Crippen LogP contribution in [0.15, 0.2) is 29.4 Å². The highest BCUT2D eigenvalue weighted by atomic mass is 32.2. The van der Waals surface area contributed by atoms with Gasteiger partial charge in [0, 0.05) is 13.2 Å². The van der Waals surface area contributed by atoms with E-state index in [0.29, 0.717) is 0 Å². The number of anilines is 1. The molecule has 0 bridgehead atoms. The van der Waals surface area contributed by atoms with Gasteiger partial charge < -0.3 is 5.11 Å². The van der Waals surface area contributed by atoms with E-state index in [0.717, 1.165) is 12.1 Å². The molecule has 9 heteroatoms. The van der Waals surface area contributed by atoms with Gasteiger partial charge in [-0.1, -0.05) is 0 Å². The molecule has 0 unspecified atom stereocenters. The zero-order chi connectivity index (χ0) is 14.9. The zero-order valence-corrected chi connectivity index (χ0v) is 11.2. The highest BCUT2D eigenvalue weighted by Gasteiger charge is 2.23. The Morgan fingerprint density at radius 1 is 1.40 bits per heavy atom. The van der Waals surface area contributed by atoms with Gasteiger partial charge in [-0.15, -0.1) is 0 Å². The number of aromatic nitrogens is 2. The molecule has 0 aliphatic rings. The van der Waals surface area contributed by atoms with Gasteiger partial charge in [0.1, 0.15) is 10.7 Å². The Labute approximate surface area is 113 Å². The Morgan fingerprint density at radius 3 is 2.65 bits per heavy atom. The van der Waals surface area contributed by atoms with Crippen molar-refractivity contribution >= 4 is 15.7 Å². The van der Waals surface area contributed by atoms with E-state index in [2.05, 4.69) is 9.82 Å². The molecule has 1 aromatic carbocycles. The van der Waals surface area contributed by atoms with E-state index in [4.69, 9.17) is 5.11 Å². The number of nitrogens with zero attached hydrogens (tertiary/aromatic N) is 2. The molecule has 0 saturated carbocycles. The van der Waals surface area contributed by atoms with Crippen LogP contribution >= 0.6 is 0 Å². The molecule has 0 spiro atoms. The molecule has 1 heterocycles. The molecule has 1 aromatic heterocycles. The third kappa shape index (κ3) is 2.63. The van der Waals surface area contributed by atoms with Gasteiger partial charge in [-0.25, -0.2) is 17.2 Å². The summed E-state index contributed by atoms with van der Waals surface area (Å²) in [6.07, 6.45) is 2.62. The van der Waals surface area contributed by atoms with Gasteiger partial charge in [-0.05, 0) is 12.1 Å². The van der Waals surface area contributed by atoms with E-state index in [1.807, 2.05) is 0 Å². The zero-order valence-electron chi connectivity index (χ0n) is 10.3. The van der Waals surface area contributed by atoms with Gasteiger partial charge in [0.15, 0.2) is 5.82 Å². The van der Waals surface area contributed by atoms with Gasteiger partial charge in [0.2, 0.25) is 0 Å². The molecule has 0 saturated heterocycles. The number of hydrogen-bond acceptors (Lipinski definition) is 4. The van der Waals surface area contributed by atoms with Crippen molar-refractivity contribution in [2.45, 2.75) is 11.5 Å². The van der Waals surface area contributed by atoms with E-state index < -0.39 is 38.7 Å². The van der Waals surface area contributed by atoms with Crippen LogP contribution < -0.4 is 4.72 Å². The maximum atomic E-state index is 13.9. The molecule has 0 fully saturated rings. The summed E-state index contributed by atoms with van der Waals surface area (Å²) in [6, 6.07) is 1.58. The molecule has 0 aliphatic carbocycles. The lowest BCUT2D eigenvalue weighted by Crippen LogP contribution is -2.16. The van der Waals surface area contributed by atoms with Crippen molar-refractivity contribution in [1.29, 1.82) is 0 Å². The summed E-state index contributed by atoms with van der Waals surface area (Å²) in [6.45, 7) is -0.937. The van der Waals surface area contributed by atoms with Crippen LogP contribution in [0.25, 0.3) is 0 Å².